The van der Waals surface area contributed by atoms with Crippen LogP contribution in [0.4, 0.5) is 0 Å². The predicted molar refractivity (Wildman–Crippen MR) is 195 cm³/mol. The first-order chi connectivity index (χ1) is 24.8. The summed E-state index contributed by atoms with van der Waals surface area (Å²) in [6, 6.07) is 0. The monoisotopic (exact) mass is 736 g/mol. The molecule has 0 unspecified atom stereocenters. The Morgan fingerprint density at radius 3 is 1.87 bits per heavy atom. The van der Waals surface area contributed by atoms with E-state index in [1.165, 1.54) is 5.57 Å². The highest BCUT2D eigenvalue weighted by Gasteiger charge is 2.70. The van der Waals surface area contributed by atoms with E-state index in [9.17, 15) is 49.8 Å². The zero-order valence-electron chi connectivity index (χ0n) is 32.0. The minimum atomic E-state index is -1.57. The first-order valence-electron chi connectivity index (χ1n) is 20.0. The molecule has 0 aromatic heterocycles. The minimum absolute atomic E-state index is 0.00620. The van der Waals surface area contributed by atoms with Crippen LogP contribution in [-0.2, 0) is 19.2 Å². The normalized spacial score (nSPS) is 50.9. The quantitative estimate of drug-likeness (QED) is 0.249. The molecule has 292 valence electrons. The molecule has 10 heteroatoms. The molecule has 0 aromatic rings. The fraction of sp³-hybridized carbons (Fsp3) is 0.767. The van der Waals surface area contributed by atoms with Gasteiger partial charge in [0.05, 0.1) is 12.2 Å². The molecule has 0 radical (unpaired) electrons. The molecule has 0 bridgehead atoms. The van der Waals surface area contributed by atoms with Crippen molar-refractivity contribution in [2.24, 2.45) is 63.1 Å². The second-order valence-corrected chi connectivity index (χ2v) is 19.3. The minimum Gasteiger partial charge on any atom is -0.393 e. The van der Waals surface area contributed by atoms with E-state index in [0.717, 1.165) is 44.1 Å². The van der Waals surface area contributed by atoms with Crippen LogP contribution in [0.3, 0.4) is 0 Å². The summed E-state index contributed by atoms with van der Waals surface area (Å²) in [4.78, 5) is 48.6. The van der Waals surface area contributed by atoms with Crippen molar-refractivity contribution in [3.8, 4) is 0 Å². The summed E-state index contributed by atoms with van der Waals surface area (Å²) >= 11 is 0. The fourth-order valence-corrected chi connectivity index (χ4v) is 14.6. The van der Waals surface area contributed by atoms with Crippen LogP contribution in [0.15, 0.2) is 35.5 Å². The lowest BCUT2D eigenvalue weighted by molar-refractivity contribution is -0.182. The van der Waals surface area contributed by atoms with Crippen LogP contribution in [0.1, 0.15) is 105 Å². The second-order valence-electron chi connectivity index (χ2n) is 19.3. The summed E-state index contributed by atoms with van der Waals surface area (Å²) in [5.41, 5.74) is -2.82. The molecule has 0 aromatic carbocycles. The van der Waals surface area contributed by atoms with E-state index in [4.69, 9.17) is 0 Å². The number of carbonyl (C=O) groups excluding carboxylic acids is 4. The Hall–Kier alpha value is -2.34. The molecule has 15 atom stereocenters. The van der Waals surface area contributed by atoms with E-state index in [2.05, 4.69) is 20.8 Å². The Morgan fingerprint density at radius 1 is 0.755 bits per heavy atom. The molecule has 8 rings (SSSR count). The average Bonchev–Trinajstić information content (AvgIpc) is 3.54. The molecule has 6 fully saturated rings. The van der Waals surface area contributed by atoms with Gasteiger partial charge in [0.1, 0.15) is 24.4 Å². The maximum Gasteiger partial charge on any atom is 0.190 e. The second kappa shape index (κ2) is 12.8. The zero-order valence-corrected chi connectivity index (χ0v) is 32.0. The van der Waals surface area contributed by atoms with Crippen molar-refractivity contribution >= 4 is 23.1 Å². The van der Waals surface area contributed by atoms with Crippen LogP contribution in [0, 0.1) is 63.1 Å². The van der Waals surface area contributed by atoms with Crippen LogP contribution >= 0.6 is 0 Å². The number of Topliss-reactive ketones (excluding diaryl/α,β-unsaturated/α-hetero) is 2. The van der Waals surface area contributed by atoms with Gasteiger partial charge in [0.25, 0.3) is 0 Å². The van der Waals surface area contributed by atoms with Crippen LogP contribution in [-0.4, -0.2) is 90.4 Å². The molecule has 0 aliphatic heterocycles. The van der Waals surface area contributed by atoms with E-state index >= 15 is 0 Å². The van der Waals surface area contributed by atoms with E-state index in [-0.39, 0.29) is 63.8 Å². The summed E-state index contributed by atoms with van der Waals surface area (Å²) in [7, 11) is 0. The third kappa shape index (κ3) is 5.24. The molecule has 8 aliphatic rings. The van der Waals surface area contributed by atoms with Crippen molar-refractivity contribution in [2.75, 3.05) is 13.2 Å². The fourth-order valence-electron chi connectivity index (χ4n) is 14.6. The van der Waals surface area contributed by atoms with Crippen molar-refractivity contribution < 1.29 is 49.8 Å². The van der Waals surface area contributed by atoms with Crippen LogP contribution < -0.4 is 0 Å². The van der Waals surface area contributed by atoms with Crippen molar-refractivity contribution in [1.82, 2.24) is 0 Å². The van der Waals surface area contributed by atoms with Crippen LogP contribution in [0.2, 0.25) is 0 Å². The molecular weight excluding hydrogens is 676 g/mol. The van der Waals surface area contributed by atoms with E-state index in [1.54, 1.807) is 18.2 Å². The molecule has 10 nitrogen and oxygen atoms in total. The highest BCUT2D eigenvalue weighted by Crippen LogP contribution is 2.69. The number of allylic oxidation sites excluding steroid dienone is 5. The van der Waals surface area contributed by atoms with Gasteiger partial charge in [-0.3, -0.25) is 19.2 Å². The molecule has 0 amide bonds. The Balaban J connectivity index is 0.000000164. The van der Waals surface area contributed by atoms with Crippen molar-refractivity contribution in [3.63, 3.8) is 0 Å². The Bertz CT molecular complexity index is 1680. The summed E-state index contributed by atoms with van der Waals surface area (Å²) in [5.74, 6) is 0.0632. The van der Waals surface area contributed by atoms with Gasteiger partial charge in [0.2, 0.25) is 0 Å². The number of ketones is 4. The largest absolute Gasteiger partial charge is 0.393 e. The maximum absolute atomic E-state index is 12.4. The number of aliphatic hydroxyl groups is 6. The molecule has 0 saturated heterocycles. The lowest BCUT2D eigenvalue weighted by atomic mass is 9.45. The first kappa shape index (κ1) is 38.9. The number of carbonyl (C=O) groups is 4. The maximum atomic E-state index is 12.4. The average molecular weight is 737 g/mol. The third-order valence-electron chi connectivity index (χ3n) is 17.2. The molecule has 6 saturated carbocycles. The molecule has 53 heavy (non-hydrogen) atoms. The van der Waals surface area contributed by atoms with Crippen molar-refractivity contribution in [2.45, 2.75) is 129 Å². The molecule has 0 spiro atoms. The Labute approximate surface area is 312 Å². The Morgan fingerprint density at radius 2 is 1.30 bits per heavy atom. The van der Waals surface area contributed by atoms with Gasteiger partial charge in [0, 0.05) is 28.6 Å². The molecular formula is C43H60O10. The zero-order chi connectivity index (χ0) is 38.7. The number of aliphatic hydroxyl groups excluding tert-OH is 4. The predicted octanol–water partition coefficient (Wildman–Crippen LogP) is 3.59. The van der Waals surface area contributed by atoms with E-state index < -0.39 is 59.0 Å². The lowest BCUT2D eigenvalue weighted by Crippen LogP contribution is -2.62. The third-order valence-corrected chi connectivity index (χ3v) is 17.2. The van der Waals surface area contributed by atoms with Crippen LogP contribution in [0.5, 0.6) is 0 Å². The van der Waals surface area contributed by atoms with Gasteiger partial charge < -0.3 is 30.6 Å². The number of hydrogen-bond acceptors (Lipinski definition) is 10. The van der Waals surface area contributed by atoms with Gasteiger partial charge in [0.15, 0.2) is 23.1 Å². The van der Waals surface area contributed by atoms with Crippen molar-refractivity contribution in [3.05, 3.63) is 35.5 Å². The number of rotatable bonds is 4. The van der Waals surface area contributed by atoms with Gasteiger partial charge in [-0.15, -0.1) is 0 Å². The Kier molecular flexibility index (Phi) is 9.43. The summed E-state index contributed by atoms with van der Waals surface area (Å²) in [6.07, 6.45) is 12.6. The highest BCUT2D eigenvalue weighted by molar-refractivity contribution is 6.01. The van der Waals surface area contributed by atoms with Crippen molar-refractivity contribution in [1.29, 1.82) is 0 Å². The topological polar surface area (TPSA) is 190 Å². The van der Waals surface area contributed by atoms with Gasteiger partial charge >= 0.3 is 0 Å². The standard InChI is InChI=1S/C22H30O5.C21H30O5/c1-12-8-14-15-5-7-22(27,18(26)11-23)21(15,3)10-17(25)19(14)20(2)6-4-13(24)9-16(12)20;1-19-7-5-13(23)9-12(19)3-4-14-15-6-8-21(26,17(25)11-22)20(15,2)10-16(24)18(14)19/h4,6,9,12,14-15,17,19,23,25,27H,5,7-8,10-11H2,1-3H3;9,14-16,18,22,24,26H,3-8,10-11H2,1-2H3/t12-,14-,15-,17-,19+,20-,21-,22-;14-,15-,16-,18+,19-,20-,21-/m00/s1. The first-order valence-corrected chi connectivity index (χ1v) is 20.0. The van der Waals surface area contributed by atoms with Crippen LogP contribution in [0.25, 0.3) is 0 Å². The smallest absolute Gasteiger partial charge is 0.190 e. The number of hydrogen-bond donors (Lipinski definition) is 6. The number of fused-ring (bicyclic) bond motifs is 10. The molecule has 0 heterocycles. The molecule has 8 aliphatic carbocycles. The van der Waals surface area contributed by atoms with Gasteiger partial charge in [-0.2, -0.15) is 0 Å². The highest BCUT2D eigenvalue weighted by atomic mass is 16.3. The summed E-state index contributed by atoms with van der Waals surface area (Å²) in [5, 5.41) is 63.6. The molecule has 6 N–H and O–H groups in total. The van der Waals surface area contributed by atoms with Gasteiger partial charge in [-0.05, 0) is 123 Å². The summed E-state index contributed by atoms with van der Waals surface area (Å²) < 4.78 is 0. The van der Waals surface area contributed by atoms with E-state index in [0.29, 0.717) is 32.1 Å². The summed E-state index contributed by atoms with van der Waals surface area (Å²) in [6.45, 7) is 8.94. The lowest BCUT2D eigenvalue weighted by Gasteiger charge is -2.60. The van der Waals surface area contributed by atoms with Gasteiger partial charge in [-0.25, -0.2) is 0 Å². The van der Waals surface area contributed by atoms with E-state index in [1.807, 2.05) is 19.9 Å². The SMILES string of the molecule is C[C@H]1C[C@@H]2[C@H]([C@@H](O)C[C@@]3(C)[C@H]2CC[C@]3(O)C(=O)CO)[C@@]2(C)C=CC(=O)C=C12.C[C@]12CCC(=O)C=C1CC[C@@H]1[C@@H]2[C@@H](O)C[C@@]2(C)[C@H]1CC[C@]2(O)C(=O)CO. The van der Waals surface area contributed by atoms with Gasteiger partial charge in [-0.1, -0.05) is 51.8 Å².